The number of pyridine rings is 1. The predicted octanol–water partition coefficient (Wildman–Crippen LogP) is 2.12. The molecule has 0 spiro atoms. The smallest absolute Gasteiger partial charge is 0.404 e. The summed E-state index contributed by atoms with van der Waals surface area (Å²) in [5.41, 5.74) is 1.13. The van der Waals surface area contributed by atoms with Crippen LogP contribution in [0.5, 0.6) is 5.75 Å². The average molecular weight is 446 g/mol. The van der Waals surface area contributed by atoms with E-state index in [1.807, 2.05) is 0 Å². The molecular formula is C20H17F3N6O3. The van der Waals surface area contributed by atoms with E-state index < -0.39 is 23.4 Å². The molecule has 1 fully saturated rings. The number of halogens is 3. The summed E-state index contributed by atoms with van der Waals surface area (Å²) in [6, 6.07) is 4.42. The van der Waals surface area contributed by atoms with Crippen LogP contribution in [-0.2, 0) is 0 Å². The highest BCUT2D eigenvalue weighted by Gasteiger charge is 2.42. The molecule has 9 nitrogen and oxygen atoms in total. The van der Waals surface area contributed by atoms with Gasteiger partial charge in [0.1, 0.15) is 5.75 Å². The Kier molecular flexibility index (Phi) is 5.28. The minimum absolute atomic E-state index is 0.0506. The molecule has 0 radical (unpaired) electrons. The number of nitrogens with one attached hydrogen (secondary N) is 2. The van der Waals surface area contributed by atoms with E-state index in [0.717, 1.165) is 11.8 Å². The molecule has 0 aliphatic heterocycles. The molecule has 1 aliphatic rings. The Hall–Kier alpha value is -3.96. The minimum Gasteiger partial charge on any atom is -0.404 e. The second-order valence-corrected chi connectivity index (χ2v) is 7.06. The number of rotatable bonds is 5. The van der Waals surface area contributed by atoms with Gasteiger partial charge in [0.05, 0.1) is 17.5 Å². The van der Waals surface area contributed by atoms with Gasteiger partial charge in [-0.1, -0.05) is 6.58 Å². The largest absolute Gasteiger partial charge is 0.573 e. The van der Waals surface area contributed by atoms with E-state index in [1.54, 1.807) is 13.1 Å². The number of aromatic amines is 2. The standard InChI is InChI=1S/C20H17F3N6O3/c1-3-29-17(24-2)13(7-16(28-29)14-9-26-19(31)27-18(14)30)11-6-12(11)15-5-4-10(8-25-15)32-20(21,22)23/h3-5,7-9,11-12H,1,6H2,2H3,(H2,26,27,30,31)/t11-,12-/m0/s1. The van der Waals surface area contributed by atoms with Gasteiger partial charge in [-0.25, -0.2) is 9.48 Å². The Bertz CT molecular complexity index is 1350. The minimum atomic E-state index is -4.78. The van der Waals surface area contributed by atoms with Crippen LogP contribution >= 0.6 is 0 Å². The van der Waals surface area contributed by atoms with Crippen LogP contribution in [0.25, 0.3) is 17.5 Å². The fraction of sp³-hybridized carbons (Fsp3) is 0.250. The van der Waals surface area contributed by atoms with Gasteiger partial charge in [-0.3, -0.25) is 19.8 Å². The van der Waals surface area contributed by atoms with E-state index in [1.165, 1.54) is 29.2 Å². The number of aromatic nitrogens is 5. The molecule has 0 saturated heterocycles. The Morgan fingerprint density at radius 3 is 2.69 bits per heavy atom. The first-order valence-corrected chi connectivity index (χ1v) is 9.43. The summed E-state index contributed by atoms with van der Waals surface area (Å²) in [4.78, 5) is 36.5. The lowest BCUT2D eigenvalue weighted by Gasteiger charge is -2.10. The maximum atomic E-state index is 12.4. The van der Waals surface area contributed by atoms with Crippen molar-refractivity contribution in [2.24, 2.45) is 4.99 Å². The number of hydrogen-bond acceptors (Lipinski definition) is 6. The van der Waals surface area contributed by atoms with Crippen LogP contribution in [0.1, 0.15) is 29.5 Å². The van der Waals surface area contributed by atoms with Gasteiger partial charge in [0.25, 0.3) is 5.56 Å². The van der Waals surface area contributed by atoms with Crippen molar-refractivity contribution >= 4 is 6.20 Å². The summed E-state index contributed by atoms with van der Waals surface area (Å²) in [7, 11) is 1.59. The lowest BCUT2D eigenvalue weighted by atomic mass is 10.1. The van der Waals surface area contributed by atoms with Crippen LogP contribution in [0.3, 0.4) is 0 Å². The molecule has 1 saturated carbocycles. The molecule has 3 aromatic heterocycles. The van der Waals surface area contributed by atoms with Gasteiger partial charge < -0.3 is 9.72 Å². The molecule has 0 unspecified atom stereocenters. The van der Waals surface area contributed by atoms with Crippen molar-refractivity contribution < 1.29 is 17.9 Å². The fourth-order valence-electron chi connectivity index (χ4n) is 3.57. The van der Waals surface area contributed by atoms with Crippen LogP contribution in [-0.4, -0.2) is 38.1 Å². The first-order chi connectivity index (χ1) is 15.2. The van der Waals surface area contributed by atoms with Crippen molar-refractivity contribution in [1.29, 1.82) is 0 Å². The highest BCUT2D eigenvalue weighted by molar-refractivity contribution is 5.57. The van der Waals surface area contributed by atoms with E-state index in [9.17, 15) is 22.8 Å². The van der Waals surface area contributed by atoms with Crippen molar-refractivity contribution in [2.75, 3.05) is 7.05 Å². The van der Waals surface area contributed by atoms with Crippen molar-refractivity contribution in [2.45, 2.75) is 24.6 Å². The zero-order valence-electron chi connectivity index (χ0n) is 16.7. The van der Waals surface area contributed by atoms with E-state index in [4.69, 9.17) is 0 Å². The Balaban J connectivity index is 1.70. The number of nitrogens with zero attached hydrogens (tertiary/aromatic N) is 4. The number of H-pyrrole nitrogens is 2. The summed E-state index contributed by atoms with van der Waals surface area (Å²) in [6.07, 6.45) is -0.361. The molecule has 4 rings (SSSR count). The van der Waals surface area contributed by atoms with E-state index in [-0.39, 0.29) is 17.4 Å². The van der Waals surface area contributed by atoms with Crippen LogP contribution in [0.2, 0.25) is 0 Å². The topological polar surface area (TPSA) is 118 Å². The summed E-state index contributed by atoms with van der Waals surface area (Å²) < 4.78 is 42.4. The number of alkyl halides is 3. The molecule has 0 amide bonds. The number of hydrogen-bond donors (Lipinski definition) is 2. The van der Waals surface area contributed by atoms with E-state index in [0.29, 0.717) is 23.3 Å². The molecule has 32 heavy (non-hydrogen) atoms. The van der Waals surface area contributed by atoms with Crippen molar-refractivity contribution in [3.63, 3.8) is 0 Å². The van der Waals surface area contributed by atoms with Crippen LogP contribution < -0.4 is 21.5 Å². The Labute approximate surface area is 178 Å². The van der Waals surface area contributed by atoms with Gasteiger partial charge in [0.15, 0.2) is 5.49 Å². The van der Waals surface area contributed by atoms with E-state index >= 15 is 0 Å². The first kappa shape index (κ1) is 21.3. The van der Waals surface area contributed by atoms with Crippen molar-refractivity contribution in [3.05, 3.63) is 74.8 Å². The van der Waals surface area contributed by atoms with Gasteiger partial charge in [0.2, 0.25) is 0 Å². The quantitative estimate of drug-likeness (QED) is 0.623. The first-order valence-electron chi connectivity index (χ1n) is 9.43. The summed E-state index contributed by atoms with van der Waals surface area (Å²) in [5, 5.41) is 4.36. The van der Waals surface area contributed by atoms with E-state index in [2.05, 4.69) is 36.4 Å². The third kappa shape index (κ3) is 4.24. The molecule has 3 aromatic rings. The molecule has 3 heterocycles. The molecule has 1 aliphatic carbocycles. The van der Waals surface area contributed by atoms with Gasteiger partial charge in [0, 0.05) is 36.6 Å². The molecule has 166 valence electrons. The third-order valence-corrected chi connectivity index (χ3v) is 5.03. The van der Waals surface area contributed by atoms with Crippen LogP contribution in [0.4, 0.5) is 13.2 Å². The molecule has 0 aromatic carbocycles. The molecular weight excluding hydrogens is 429 g/mol. The Morgan fingerprint density at radius 2 is 2.09 bits per heavy atom. The summed E-state index contributed by atoms with van der Waals surface area (Å²) >= 11 is 0. The number of ether oxygens (including phenoxy) is 1. The predicted molar refractivity (Wildman–Crippen MR) is 108 cm³/mol. The lowest BCUT2D eigenvalue weighted by molar-refractivity contribution is -0.274. The zero-order valence-corrected chi connectivity index (χ0v) is 16.7. The maximum Gasteiger partial charge on any atom is 0.573 e. The van der Waals surface area contributed by atoms with Crippen molar-refractivity contribution in [1.82, 2.24) is 24.7 Å². The Morgan fingerprint density at radius 1 is 1.31 bits per heavy atom. The second kappa shape index (κ2) is 7.94. The van der Waals surface area contributed by atoms with Crippen LogP contribution in [0, 0.1) is 0 Å². The van der Waals surface area contributed by atoms with Gasteiger partial charge in [-0.15, -0.1) is 13.2 Å². The van der Waals surface area contributed by atoms with Crippen molar-refractivity contribution in [3.8, 4) is 17.0 Å². The zero-order chi connectivity index (χ0) is 23.0. The average Bonchev–Trinajstić information content (AvgIpc) is 3.53. The summed E-state index contributed by atoms with van der Waals surface area (Å²) in [5.74, 6) is -0.501. The SMILES string of the molecule is C=Cn1nc(-c2c[nH]c(=O)[nH]c2=O)cc([C@H]2C[C@@H]2c2ccc(OC(F)(F)F)cn2)c1=NC. The lowest BCUT2D eigenvalue weighted by Crippen LogP contribution is -2.27. The van der Waals surface area contributed by atoms with Gasteiger partial charge in [-0.2, -0.15) is 5.10 Å². The van der Waals surface area contributed by atoms with Crippen LogP contribution in [0.15, 0.2) is 51.8 Å². The normalized spacial score (nSPS) is 18.4. The molecule has 2 atom stereocenters. The molecule has 2 N–H and O–H groups in total. The monoisotopic (exact) mass is 446 g/mol. The van der Waals surface area contributed by atoms with Gasteiger partial charge >= 0.3 is 12.1 Å². The fourth-order valence-corrected chi connectivity index (χ4v) is 3.57. The summed E-state index contributed by atoms with van der Waals surface area (Å²) in [6.45, 7) is 3.73. The highest BCUT2D eigenvalue weighted by Crippen LogP contribution is 2.53. The molecule has 12 heteroatoms. The van der Waals surface area contributed by atoms with Gasteiger partial charge in [-0.05, 0) is 30.5 Å². The third-order valence-electron chi connectivity index (χ3n) is 5.03. The maximum absolute atomic E-state index is 12.4. The highest BCUT2D eigenvalue weighted by atomic mass is 19.4. The molecule has 0 bridgehead atoms. The second-order valence-electron chi connectivity index (χ2n) is 7.06.